The zero-order valence-electron chi connectivity index (χ0n) is 15.9. The van der Waals surface area contributed by atoms with Crippen molar-refractivity contribution in [3.63, 3.8) is 0 Å². The van der Waals surface area contributed by atoms with Crippen LogP contribution in [0.3, 0.4) is 0 Å². The van der Waals surface area contributed by atoms with E-state index in [0.29, 0.717) is 0 Å². The van der Waals surface area contributed by atoms with E-state index in [0.717, 1.165) is 30.0 Å². The van der Waals surface area contributed by atoms with Gasteiger partial charge in [0.1, 0.15) is 11.6 Å². The first-order valence-electron chi connectivity index (χ1n) is 9.84. The highest BCUT2D eigenvalue weighted by molar-refractivity contribution is 5.58. The second-order valence-corrected chi connectivity index (χ2v) is 6.96. The summed E-state index contributed by atoms with van der Waals surface area (Å²) >= 11 is 0. The number of H-pyrrole nitrogens is 1. The minimum absolute atomic E-state index is 0.177. The van der Waals surface area contributed by atoms with Crippen LogP contribution in [-0.4, -0.2) is 9.97 Å². The van der Waals surface area contributed by atoms with Gasteiger partial charge in [-0.2, -0.15) is 0 Å². The number of unbranched alkanes of at least 4 members (excludes halogenated alkanes) is 3. The lowest BCUT2D eigenvalue weighted by molar-refractivity contribution is 0.453. The summed E-state index contributed by atoms with van der Waals surface area (Å²) in [7, 11) is 0. The molecule has 2 aromatic carbocycles. The van der Waals surface area contributed by atoms with Gasteiger partial charge in [0.15, 0.2) is 0 Å². The molecule has 3 aromatic rings. The largest absolute Gasteiger partial charge is 0.341 e. The minimum Gasteiger partial charge on any atom is -0.341 e. The summed E-state index contributed by atoms with van der Waals surface area (Å²) in [5, 5.41) is 3.65. The minimum atomic E-state index is -0.225. The Balaban J connectivity index is 1.70. The van der Waals surface area contributed by atoms with Gasteiger partial charge >= 0.3 is 0 Å². The summed E-state index contributed by atoms with van der Waals surface area (Å²) in [4.78, 5) is 8.04. The van der Waals surface area contributed by atoms with Crippen molar-refractivity contribution < 1.29 is 4.39 Å². The van der Waals surface area contributed by atoms with E-state index in [2.05, 4.69) is 46.5 Å². The lowest BCUT2D eigenvalue weighted by Crippen LogP contribution is -2.22. The Morgan fingerprint density at radius 3 is 2.52 bits per heavy atom. The molecule has 27 heavy (non-hydrogen) atoms. The molecule has 1 aromatic heterocycles. The first-order chi connectivity index (χ1) is 13.3. The number of halogens is 1. The quantitative estimate of drug-likeness (QED) is 0.432. The Labute approximate surface area is 161 Å². The highest BCUT2D eigenvalue weighted by Crippen LogP contribution is 2.23. The van der Waals surface area contributed by atoms with Crippen molar-refractivity contribution in [3.05, 3.63) is 78.0 Å². The number of hydrogen-bond acceptors (Lipinski definition) is 2. The monoisotopic (exact) mass is 365 g/mol. The third-order valence-corrected chi connectivity index (χ3v) is 4.82. The van der Waals surface area contributed by atoms with Crippen LogP contribution in [0.2, 0.25) is 0 Å². The molecule has 0 saturated carbocycles. The number of aromatic nitrogens is 2. The zero-order chi connectivity index (χ0) is 18.9. The lowest BCUT2D eigenvalue weighted by Gasteiger charge is -2.17. The van der Waals surface area contributed by atoms with Crippen molar-refractivity contribution in [2.24, 2.45) is 0 Å². The molecule has 0 bridgehead atoms. The Morgan fingerprint density at radius 1 is 1.00 bits per heavy atom. The maximum absolute atomic E-state index is 13.2. The maximum atomic E-state index is 13.2. The van der Waals surface area contributed by atoms with E-state index < -0.39 is 0 Å². The Hall–Kier alpha value is -2.46. The molecule has 0 radical (unpaired) electrons. The van der Waals surface area contributed by atoms with Crippen LogP contribution in [0, 0.1) is 5.82 Å². The summed E-state index contributed by atoms with van der Waals surface area (Å²) in [5.74, 6) is 0.721. The number of hydrogen-bond donors (Lipinski definition) is 2. The predicted octanol–water partition coefficient (Wildman–Crippen LogP) is 6.02. The number of imidazole rings is 1. The Bertz CT molecular complexity index is 796. The molecule has 1 heterocycles. The van der Waals surface area contributed by atoms with Crippen LogP contribution in [0.15, 0.2) is 60.8 Å². The Morgan fingerprint density at radius 2 is 1.78 bits per heavy atom. The maximum Gasteiger partial charge on any atom is 0.123 e. The second-order valence-electron chi connectivity index (χ2n) is 6.96. The van der Waals surface area contributed by atoms with Crippen molar-refractivity contribution in [2.45, 2.75) is 51.6 Å². The Kier molecular flexibility index (Phi) is 7.17. The fourth-order valence-corrected chi connectivity index (χ4v) is 3.24. The van der Waals surface area contributed by atoms with Crippen molar-refractivity contribution >= 4 is 0 Å². The molecular formula is C23H28FN3. The van der Waals surface area contributed by atoms with Crippen molar-refractivity contribution in [3.8, 4) is 11.3 Å². The molecule has 0 unspecified atom stereocenters. The van der Waals surface area contributed by atoms with E-state index in [1.165, 1.54) is 43.4 Å². The van der Waals surface area contributed by atoms with Crippen LogP contribution in [0.5, 0.6) is 0 Å². The molecule has 0 aliphatic rings. The summed E-state index contributed by atoms with van der Waals surface area (Å²) < 4.78 is 13.2. The van der Waals surface area contributed by atoms with E-state index in [4.69, 9.17) is 0 Å². The van der Waals surface area contributed by atoms with Crippen molar-refractivity contribution in [2.75, 3.05) is 0 Å². The molecule has 3 rings (SSSR count). The molecule has 0 aliphatic carbocycles. The highest BCUT2D eigenvalue weighted by atomic mass is 19.1. The third kappa shape index (κ3) is 5.76. The zero-order valence-corrected chi connectivity index (χ0v) is 15.9. The molecule has 0 amide bonds. The van der Waals surface area contributed by atoms with E-state index in [9.17, 15) is 4.39 Å². The molecule has 142 valence electrons. The van der Waals surface area contributed by atoms with Crippen LogP contribution in [-0.2, 0) is 6.54 Å². The van der Waals surface area contributed by atoms with Crippen LogP contribution in [0.1, 0.15) is 56.5 Å². The predicted molar refractivity (Wildman–Crippen MR) is 109 cm³/mol. The number of nitrogens with one attached hydrogen (secondary N) is 2. The van der Waals surface area contributed by atoms with Crippen LogP contribution < -0.4 is 5.32 Å². The van der Waals surface area contributed by atoms with Gasteiger partial charge in [0.2, 0.25) is 0 Å². The number of rotatable bonds is 10. The molecular weight excluding hydrogens is 337 g/mol. The van der Waals surface area contributed by atoms with Gasteiger partial charge in [-0.3, -0.25) is 0 Å². The molecule has 0 fully saturated rings. The second kappa shape index (κ2) is 10.0. The standard InChI is InChI=1S/C23H28FN3/c1-2-3-4-8-11-21(25-16-18-9-6-5-7-10-18)23-26-17-22(27-23)19-12-14-20(24)15-13-19/h5-7,9-10,12-15,17,21,25H,2-4,8,11,16H2,1H3,(H,26,27)/t21-/m1/s1. The average Bonchev–Trinajstić information content (AvgIpc) is 3.19. The summed E-state index contributed by atoms with van der Waals surface area (Å²) in [6, 6.07) is 17.1. The summed E-state index contributed by atoms with van der Waals surface area (Å²) in [6.07, 6.45) is 7.80. The molecule has 0 aliphatic heterocycles. The van der Waals surface area contributed by atoms with Gasteiger partial charge in [-0.25, -0.2) is 9.37 Å². The van der Waals surface area contributed by atoms with Crippen LogP contribution in [0.4, 0.5) is 4.39 Å². The van der Waals surface area contributed by atoms with Gasteiger partial charge < -0.3 is 10.3 Å². The van der Waals surface area contributed by atoms with E-state index in [1.807, 2.05) is 12.3 Å². The van der Waals surface area contributed by atoms with Crippen LogP contribution in [0.25, 0.3) is 11.3 Å². The van der Waals surface area contributed by atoms with Gasteiger partial charge in [0.05, 0.1) is 17.9 Å². The first-order valence-corrected chi connectivity index (χ1v) is 9.84. The number of aromatic amines is 1. The fraction of sp³-hybridized carbons (Fsp3) is 0.348. The summed E-state index contributed by atoms with van der Waals surface area (Å²) in [5.41, 5.74) is 3.13. The lowest BCUT2D eigenvalue weighted by atomic mass is 10.1. The first kappa shape index (κ1) is 19.3. The fourth-order valence-electron chi connectivity index (χ4n) is 3.24. The average molecular weight is 365 g/mol. The van der Waals surface area contributed by atoms with Gasteiger partial charge in [-0.1, -0.05) is 62.9 Å². The van der Waals surface area contributed by atoms with Gasteiger partial charge in [-0.05, 0) is 41.8 Å². The molecule has 1 atom stereocenters. The SMILES string of the molecule is CCCCCC[C@@H](NCc1ccccc1)c1ncc(-c2ccc(F)cc2)[nH]1. The molecule has 4 heteroatoms. The number of nitrogens with zero attached hydrogens (tertiary/aromatic N) is 1. The third-order valence-electron chi connectivity index (χ3n) is 4.82. The molecule has 0 spiro atoms. The van der Waals surface area contributed by atoms with Crippen molar-refractivity contribution in [1.29, 1.82) is 0 Å². The normalized spacial score (nSPS) is 12.2. The number of benzene rings is 2. The highest BCUT2D eigenvalue weighted by Gasteiger charge is 2.15. The smallest absolute Gasteiger partial charge is 0.123 e. The van der Waals surface area contributed by atoms with Gasteiger partial charge in [0, 0.05) is 6.54 Å². The topological polar surface area (TPSA) is 40.7 Å². The summed E-state index contributed by atoms with van der Waals surface area (Å²) in [6.45, 7) is 3.04. The van der Waals surface area contributed by atoms with Crippen molar-refractivity contribution in [1.82, 2.24) is 15.3 Å². The van der Waals surface area contributed by atoms with Gasteiger partial charge in [-0.15, -0.1) is 0 Å². The van der Waals surface area contributed by atoms with Gasteiger partial charge in [0.25, 0.3) is 0 Å². The van der Waals surface area contributed by atoms with E-state index in [1.54, 1.807) is 12.1 Å². The van der Waals surface area contributed by atoms with Crippen LogP contribution >= 0.6 is 0 Å². The molecule has 3 nitrogen and oxygen atoms in total. The molecule has 0 saturated heterocycles. The molecule has 2 N–H and O–H groups in total. The van der Waals surface area contributed by atoms with E-state index in [-0.39, 0.29) is 11.9 Å². The van der Waals surface area contributed by atoms with E-state index >= 15 is 0 Å².